The second-order valence-corrected chi connectivity index (χ2v) is 4.44. The lowest BCUT2D eigenvalue weighted by Gasteiger charge is -2.13. The molecule has 0 saturated heterocycles. The van der Waals surface area contributed by atoms with E-state index in [1.807, 2.05) is 0 Å². The molecular weight excluding hydrogens is 348 g/mol. The van der Waals surface area contributed by atoms with Crippen LogP contribution in [0, 0.1) is 10.1 Å². The molecule has 0 aliphatic heterocycles. The lowest BCUT2D eigenvalue weighted by atomic mass is 10.2. The predicted molar refractivity (Wildman–Crippen MR) is 83.0 cm³/mol. The Balaban J connectivity index is 0.00000529. The van der Waals surface area contributed by atoms with E-state index in [2.05, 4.69) is 4.84 Å². The quantitative estimate of drug-likeness (QED) is 0.215. The molecule has 0 saturated carbocycles. The average Bonchev–Trinajstić information content (AvgIpc) is 2.47. The number of nitrogens with two attached hydrogens (primary N) is 1. The van der Waals surface area contributed by atoms with E-state index in [-0.39, 0.29) is 49.1 Å². The molecule has 0 heterocycles. The van der Waals surface area contributed by atoms with Crippen LogP contribution >= 0.6 is 12.4 Å². The van der Waals surface area contributed by atoms with Gasteiger partial charge < -0.3 is 25.2 Å². The number of esters is 1. The number of carbonyl (C=O) groups excluding carboxylic acids is 1. The maximum Gasteiger partial charge on any atom is 0.335 e. The molecular formula is C13H17ClN2O8. The zero-order valence-corrected chi connectivity index (χ0v) is 13.5. The highest BCUT2D eigenvalue weighted by Crippen LogP contribution is 2.29. The van der Waals surface area contributed by atoms with Crippen LogP contribution in [-0.4, -0.2) is 41.4 Å². The maximum absolute atomic E-state index is 11.6. The number of carboxylic acids is 1. The second-order valence-electron chi connectivity index (χ2n) is 4.44. The number of benzene rings is 1. The molecule has 1 atom stereocenters. The van der Waals surface area contributed by atoms with Gasteiger partial charge in [-0.3, -0.25) is 0 Å². The van der Waals surface area contributed by atoms with E-state index >= 15 is 0 Å². The molecule has 0 aliphatic rings. The normalized spacial score (nSPS) is 10.9. The largest absolute Gasteiger partial charge is 0.490 e. The van der Waals surface area contributed by atoms with Gasteiger partial charge in [-0.05, 0) is 25.1 Å². The molecule has 10 nitrogen and oxygen atoms in total. The number of hydrogen-bond donors (Lipinski definition) is 2. The van der Waals surface area contributed by atoms with Crippen LogP contribution in [-0.2, 0) is 9.63 Å². The van der Waals surface area contributed by atoms with Crippen LogP contribution in [0.1, 0.15) is 23.7 Å². The molecule has 0 fully saturated rings. The van der Waals surface area contributed by atoms with Crippen molar-refractivity contribution in [1.82, 2.24) is 0 Å². The molecule has 0 unspecified atom stereocenters. The van der Waals surface area contributed by atoms with Gasteiger partial charge in [0.15, 0.2) is 11.5 Å². The first-order valence-corrected chi connectivity index (χ1v) is 6.56. The van der Waals surface area contributed by atoms with Crippen molar-refractivity contribution in [2.45, 2.75) is 19.4 Å². The van der Waals surface area contributed by atoms with E-state index in [0.29, 0.717) is 0 Å². The Labute approximate surface area is 143 Å². The number of halogens is 1. The lowest BCUT2D eigenvalue weighted by molar-refractivity contribution is -0.757. The standard InChI is InChI=1S/C13H16N2O8.ClH/c1-8(14)13(18)23-11-7-9(12(16)17)3-4-10(11)21-5-2-6-22-15(19)20;/h3-4,7-8H,2,5-6,14H2,1H3,(H,16,17);1H/t8-;/m0./s1. The SMILES string of the molecule is C[C@H](N)C(=O)Oc1cc(C(=O)O)ccc1OCCCO[N+](=O)[O-].Cl. The second kappa shape index (κ2) is 10.2. The summed E-state index contributed by atoms with van der Waals surface area (Å²) in [6.45, 7) is 1.30. The summed E-state index contributed by atoms with van der Waals surface area (Å²) in [4.78, 5) is 36.6. The van der Waals surface area contributed by atoms with Crippen LogP contribution in [0.4, 0.5) is 0 Å². The fraction of sp³-hybridized carbons (Fsp3) is 0.385. The first kappa shape index (κ1) is 21.4. The maximum atomic E-state index is 11.6. The fourth-order valence-electron chi connectivity index (χ4n) is 1.42. The number of rotatable bonds is 9. The van der Waals surface area contributed by atoms with Gasteiger partial charge in [-0.2, -0.15) is 0 Å². The minimum absolute atomic E-state index is 0. The third kappa shape index (κ3) is 7.11. The van der Waals surface area contributed by atoms with Crippen LogP contribution in [0.2, 0.25) is 0 Å². The number of aromatic carboxylic acids is 1. The molecule has 0 spiro atoms. The first-order valence-electron chi connectivity index (χ1n) is 6.56. The zero-order valence-electron chi connectivity index (χ0n) is 12.7. The Morgan fingerprint density at radius 2 is 2.00 bits per heavy atom. The van der Waals surface area contributed by atoms with Gasteiger partial charge >= 0.3 is 11.9 Å². The van der Waals surface area contributed by atoms with E-state index in [9.17, 15) is 19.7 Å². The monoisotopic (exact) mass is 364 g/mol. The van der Waals surface area contributed by atoms with Gasteiger partial charge in [0, 0.05) is 6.42 Å². The van der Waals surface area contributed by atoms with Crippen LogP contribution in [0.3, 0.4) is 0 Å². The van der Waals surface area contributed by atoms with Gasteiger partial charge in [-0.1, -0.05) is 0 Å². The lowest BCUT2D eigenvalue weighted by Crippen LogP contribution is -2.31. The summed E-state index contributed by atoms with van der Waals surface area (Å²) in [6, 6.07) is 2.83. The van der Waals surface area contributed by atoms with E-state index in [1.54, 1.807) is 0 Å². The van der Waals surface area contributed by atoms with Crippen molar-refractivity contribution in [3.05, 3.63) is 33.9 Å². The van der Waals surface area contributed by atoms with Gasteiger partial charge in [-0.15, -0.1) is 22.5 Å². The average molecular weight is 365 g/mol. The molecule has 1 aromatic carbocycles. The number of nitrogens with zero attached hydrogens (tertiary/aromatic N) is 1. The van der Waals surface area contributed by atoms with E-state index < -0.39 is 23.1 Å². The van der Waals surface area contributed by atoms with Gasteiger partial charge in [0.05, 0.1) is 18.8 Å². The van der Waals surface area contributed by atoms with Crippen molar-refractivity contribution >= 4 is 24.3 Å². The molecule has 0 bridgehead atoms. The minimum atomic E-state index is -1.20. The Hall–Kier alpha value is -2.59. The van der Waals surface area contributed by atoms with Gasteiger partial charge in [0.2, 0.25) is 0 Å². The molecule has 11 heteroatoms. The summed E-state index contributed by atoms with van der Waals surface area (Å²) in [5, 5.41) is 18.0. The van der Waals surface area contributed by atoms with Crippen LogP contribution < -0.4 is 15.2 Å². The Morgan fingerprint density at radius 3 is 2.54 bits per heavy atom. The summed E-state index contributed by atoms with van der Waals surface area (Å²) in [5.41, 5.74) is 5.29. The highest BCUT2D eigenvalue weighted by Gasteiger charge is 2.16. The summed E-state index contributed by atoms with van der Waals surface area (Å²) in [6.07, 6.45) is 0.211. The molecule has 24 heavy (non-hydrogen) atoms. The number of carbonyl (C=O) groups is 2. The predicted octanol–water partition coefficient (Wildman–Crippen LogP) is 1.04. The third-order valence-electron chi connectivity index (χ3n) is 2.52. The van der Waals surface area contributed by atoms with Crippen molar-refractivity contribution in [1.29, 1.82) is 0 Å². The Morgan fingerprint density at radius 1 is 1.33 bits per heavy atom. The van der Waals surface area contributed by atoms with Crippen molar-refractivity contribution in [2.24, 2.45) is 5.73 Å². The summed E-state index contributed by atoms with van der Waals surface area (Å²) >= 11 is 0. The highest BCUT2D eigenvalue weighted by atomic mass is 35.5. The van der Waals surface area contributed by atoms with Gasteiger partial charge in [0.1, 0.15) is 6.04 Å². The smallest absolute Gasteiger partial charge is 0.335 e. The molecule has 1 aromatic rings. The van der Waals surface area contributed by atoms with Crippen LogP contribution in [0.15, 0.2) is 18.2 Å². The Kier molecular flexibility index (Phi) is 9.13. The molecule has 134 valence electrons. The molecule has 0 radical (unpaired) electrons. The highest BCUT2D eigenvalue weighted by molar-refractivity contribution is 5.89. The van der Waals surface area contributed by atoms with Crippen LogP contribution in [0.5, 0.6) is 11.5 Å². The molecule has 0 aromatic heterocycles. The molecule has 1 rings (SSSR count). The number of hydrogen-bond acceptors (Lipinski definition) is 8. The number of carboxylic acid groups (broad SMARTS) is 1. The van der Waals surface area contributed by atoms with Gasteiger partial charge in [-0.25, -0.2) is 9.59 Å². The minimum Gasteiger partial charge on any atom is -0.490 e. The van der Waals surface area contributed by atoms with Crippen molar-refractivity contribution in [2.75, 3.05) is 13.2 Å². The summed E-state index contributed by atoms with van der Waals surface area (Å²) < 4.78 is 10.3. The molecule has 0 aliphatic carbocycles. The van der Waals surface area contributed by atoms with Crippen molar-refractivity contribution < 1.29 is 34.1 Å². The number of ether oxygens (including phenoxy) is 2. The molecule has 3 N–H and O–H groups in total. The summed E-state index contributed by atoms with van der Waals surface area (Å²) in [7, 11) is 0. The zero-order chi connectivity index (χ0) is 17.4. The van der Waals surface area contributed by atoms with E-state index in [0.717, 1.165) is 6.07 Å². The van der Waals surface area contributed by atoms with Crippen LogP contribution in [0.25, 0.3) is 0 Å². The summed E-state index contributed by atoms with van der Waals surface area (Å²) in [5.74, 6) is -1.93. The van der Waals surface area contributed by atoms with Gasteiger partial charge in [0.25, 0.3) is 5.09 Å². The van der Waals surface area contributed by atoms with Crippen molar-refractivity contribution in [3.8, 4) is 11.5 Å². The fourth-order valence-corrected chi connectivity index (χ4v) is 1.42. The van der Waals surface area contributed by atoms with E-state index in [4.69, 9.17) is 20.3 Å². The third-order valence-corrected chi connectivity index (χ3v) is 2.52. The van der Waals surface area contributed by atoms with E-state index in [1.165, 1.54) is 19.1 Å². The van der Waals surface area contributed by atoms with Crippen molar-refractivity contribution in [3.63, 3.8) is 0 Å². The Bertz CT molecular complexity index is 593. The topological polar surface area (TPSA) is 151 Å². The molecule has 0 amide bonds. The first-order chi connectivity index (χ1) is 10.8.